The first kappa shape index (κ1) is 21.2. The number of para-hydroxylation sites is 1. The first-order valence-corrected chi connectivity index (χ1v) is 11.4. The molecular formula is C25H26N4O4. The lowest BCUT2D eigenvalue weighted by molar-refractivity contribution is -0.138. The summed E-state index contributed by atoms with van der Waals surface area (Å²) in [5.74, 6) is 1.27. The van der Waals surface area contributed by atoms with Crippen molar-refractivity contribution in [3.63, 3.8) is 0 Å². The summed E-state index contributed by atoms with van der Waals surface area (Å²) in [4.78, 5) is 31.6. The van der Waals surface area contributed by atoms with Crippen LogP contribution in [0.2, 0.25) is 0 Å². The number of aromatic nitrogens is 2. The van der Waals surface area contributed by atoms with Crippen LogP contribution in [-0.4, -0.2) is 46.0 Å². The van der Waals surface area contributed by atoms with Crippen molar-refractivity contribution < 1.29 is 18.8 Å². The van der Waals surface area contributed by atoms with E-state index in [9.17, 15) is 9.59 Å². The van der Waals surface area contributed by atoms with Gasteiger partial charge in [-0.25, -0.2) is 0 Å². The van der Waals surface area contributed by atoms with Crippen LogP contribution in [0, 0.1) is 0 Å². The quantitative estimate of drug-likeness (QED) is 0.594. The summed E-state index contributed by atoms with van der Waals surface area (Å²) in [5.41, 5.74) is 1.27. The standard InChI is InChI=1S/C25H26N4O4/c30-22(16-32-20-9-2-1-3-10-20)29-14-5-4-11-21(29)25-27-23(28-33-25)17-7-6-8-18(15-17)24(31)26-19-12-13-19/h1-3,6-10,15,19,21H,4-5,11-14,16H2,(H,26,31)/t21-/m1/s1. The maximum atomic E-state index is 12.9. The Hall–Kier alpha value is -3.68. The molecule has 1 aliphatic carbocycles. The maximum Gasteiger partial charge on any atom is 0.261 e. The van der Waals surface area contributed by atoms with Crippen molar-refractivity contribution in [2.45, 2.75) is 44.2 Å². The highest BCUT2D eigenvalue weighted by molar-refractivity contribution is 5.95. The molecule has 33 heavy (non-hydrogen) atoms. The molecule has 0 radical (unpaired) electrons. The molecular weight excluding hydrogens is 420 g/mol. The van der Waals surface area contributed by atoms with Gasteiger partial charge in [0.15, 0.2) is 6.61 Å². The second-order valence-electron chi connectivity index (χ2n) is 8.49. The maximum absolute atomic E-state index is 12.9. The number of rotatable bonds is 7. The molecule has 0 spiro atoms. The molecule has 5 rings (SSSR count). The number of carbonyl (C=O) groups is 2. The highest BCUT2D eigenvalue weighted by Crippen LogP contribution is 2.31. The smallest absolute Gasteiger partial charge is 0.261 e. The molecule has 0 unspecified atom stereocenters. The molecule has 2 aliphatic rings. The van der Waals surface area contributed by atoms with Crippen LogP contribution in [0.4, 0.5) is 0 Å². The fraction of sp³-hybridized carbons (Fsp3) is 0.360. The molecule has 2 fully saturated rings. The first-order valence-electron chi connectivity index (χ1n) is 11.4. The lowest BCUT2D eigenvalue weighted by Crippen LogP contribution is -2.41. The molecule has 2 amide bonds. The Labute approximate surface area is 191 Å². The zero-order valence-corrected chi connectivity index (χ0v) is 18.3. The van der Waals surface area contributed by atoms with Gasteiger partial charge in [0.25, 0.3) is 11.8 Å². The normalized spacial score (nSPS) is 18.1. The molecule has 1 N–H and O–H groups in total. The Bertz CT molecular complexity index is 1130. The molecule has 1 saturated carbocycles. The number of piperidine rings is 1. The van der Waals surface area contributed by atoms with Gasteiger partial charge < -0.3 is 19.5 Å². The fourth-order valence-corrected chi connectivity index (χ4v) is 4.02. The van der Waals surface area contributed by atoms with Crippen LogP contribution in [0.1, 0.15) is 54.4 Å². The molecule has 1 aromatic heterocycles. The minimum Gasteiger partial charge on any atom is -0.484 e. The Morgan fingerprint density at radius 1 is 1.06 bits per heavy atom. The molecule has 8 heteroatoms. The lowest BCUT2D eigenvalue weighted by atomic mass is 10.0. The third kappa shape index (κ3) is 5.05. The molecule has 0 bridgehead atoms. The highest BCUT2D eigenvalue weighted by Gasteiger charge is 2.32. The SMILES string of the molecule is O=C(NC1CC1)c1cccc(-c2noc([C@H]3CCCCN3C(=O)COc3ccccc3)n2)c1. The van der Waals surface area contributed by atoms with Crippen molar-refractivity contribution >= 4 is 11.8 Å². The van der Waals surface area contributed by atoms with Crippen LogP contribution < -0.4 is 10.1 Å². The number of nitrogens with one attached hydrogen (secondary N) is 1. The monoisotopic (exact) mass is 446 g/mol. The van der Waals surface area contributed by atoms with E-state index in [0.29, 0.717) is 41.2 Å². The van der Waals surface area contributed by atoms with Gasteiger partial charge in [-0.15, -0.1) is 0 Å². The van der Waals surface area contributed by atoms with Gasteiger partial charge in [0.05, 0.1) is 0 Å². The molecule has 2 aromatic carbocycles. The summed E-state index contributed by atoms with van der Waals surface area (Å²) >= 11 is 0. The number of benzene rings is 2. The Morgan fingerprint density at radius 2 is 1.91 bits per heavy atom. The summed E-state index contributed by atoms with van der Waals surface area (Å²) in [5, 5.41) is 7.12. The number of hydrogen-bond acceptors (Lipinski definition) is 6. The van der Waals surface area contributed by atoms with Gasteiger partial charge in [0, 0.05) is 23.7 Å². The molecule has 8 nitrogen and oxygen atoms in total. The van der Waals surface area contributed by atoms with Crippen molar-refractivity contribution in [3.05, 3.63) is 66.1 Å². The third-order valence-electron chi connectivity index (χ3n) is 5.95. The number of ether oxygens (including phenoxy) is 1. The van der Waals surface area contributed by atoms with E-state index in [-0.39, 0.29) is 24.5 Å². The Morgan fingerprint density at radius 3 is 2.73 bits per heavy atom. The van der Waals surface area contributed by atoms with E-state index < -0.39 is 0 Å². The van der Waals surface area contributed by atoms with Gasteiger partial charge in [0.2, 0.25) is 11.7 Å². The second kappa shape index (κ2) is 9.44. The predicted octanol–water partition coefficient (Wildman–Crippen LogP) is 3.76. The number of carbonyl (C=O) groups excluding carboxylic acids is 2. The molecule has 3 aromatic rings. The molecule has 2 heterocycles. The van der Waals surface area contributed by atoms with Gasteiger partial charge >= 0.3 is 0 Å². The average Bonchev–Trinajstić information content (AvgIpc) is 3.54. The van der Waals surface area contributed by atoms with E-state index in [1.165, 1.54) is 0 Å². The molecule has 170 valence electrons. The minimum atomic E-state index is -0.284. The second-order valence-corrected chi connectivity index (χ2v) is 8.49. The van der Waals surface area contributed by atoms with E-state index in [4.69, 9.17) is 9.26 Å². The summed E-state index contributed by atoms with van der Waals surface area (Å²) in [6, 6.07) is 16.5. The van der Waals surface area contributed by atoms with Gasteiger partial charge in [-0.2, -0.15) is 4.98 Å². The van der Waals surface area contributed by atoms with Crippen molar-refractivity contribution in [1.29, 1.82) is 0 Å². The topological polar surface area (TPSA) is 97.6 Å². The van der Waals surface area contributed by atoms with Crippen molar-refractivity contribution in [1.82, 2.24) is 20.4 Å². The average molecular weight is 447 g/mol. The van der Waals surface area contributed by atoms with Crippen LogP contribution in [0.25, 0.3) is 11.4 Å². The minimum absolute atomic E-state index is 0.0420. The van der Waals surface area contributed by atoms with Crippen LogP contribution in [0.3, 0.4) is 0 Å². The summed E-state index contributed by atoms with van der Waals surface area (Å²) in [7, 11) is 0. The molecule has 1 aliphatic heterocycles. The third-order valence-corrected chi connectivity index (χ3v) is 5.95. The van der Waals surface area contributed by atoms with E-state index in [2.05, 4.69) is 15.5 Å². The van der Waals surface area contributed by atoms with Crippen LogP contribution in [-0.2, 0) is 4.79 Å². The Kier molecular flexibility index (Phi) is 6.06. The van der Waals surface area contributed by atoms with Crippen molar-refractivity contribution in [3.8, 4) is 17.1 Å². The number of nitrogens with zero attached hydrogens (tertiary/aromatic N) is 3. The van der Waals surface area contributed by atoms with Crippen LogP contribution in [0.5, 0.6) is 5.75 Å². The Balaban J connectivity index is 1.29. The van der Waals surface area contributed by atoms with Gasteiger partial charge in [-0.05, 0) is 56.4 Å². The van der Waals surface area contributed by atoms with E-state index in [1.54, 1.807) is 17.0 Å². The van der Waals surface area contributed by atoms with Gasteiger partial charge in [0.1, 0.15) is 11.8 Å². The van der Waals surface area contributed by atoms with Gasteiger partial charge in [-0.1, -0.05) is 35.5 Å². The largest absolute Gasteiger partial charge is 0.484 e. The van der Waals surface area contributed by atoms with Gasteiger partial charge in [-0.3, -0.25) is 9.59 Å². The van der Waals surface area contributed by atoms with Crippen LogP contribution in [0.15, 0.2) is 59.1 Å². The number of likely N-dealkylation sites (tertiary alicyclic amines) is 1. The summed E-state index contributed by atoms with van der Waals surface area (Å²) in [6.07, 6.45) is 4.72. The molecule has 1 saturated heterocycles. The lowest BCUT2D eigenvalue weighted by Gasteiger charge is -2.33. The van der Waals surface area contributed by atoms with Crippen molar-refractivity contribution in [2.75, 3.05) is 13.2 Å². The zero-order valence-electron chi connectivity index (χ0n) is 18.3. The molecule has 1 atom stereocenters. The fourth-order valence-electron chi connectivity index (χ4n) is 4.02. The van der Waals surface area contributed by atoms with E-state index in [1.807, 2.05) is 42.5 Å². The van der Waals surface area contributed by atoms with Crippen molar-refractivity contribution in [2.24, 2.45) is 0 Å². The first-order chi connectivity index (χ1) is 16.2. The van der Waals surface area contributed by atoms with Crippen LogP contribution >= 0.6 is 0 Å². The summed E-state index contributed by atoms with van der Waals surface area (Å²) in [6.45, 7) is 0.579. The van der Waals surface area contributed by atoms with E-state index >= 15 is 0 Å². The number of amides is 2. The predicted molar refractivity (Wildman–Crippen MR) is 120 cm³/mol. The summed E-state index contributed by atoms with van der Waals surface area (Å²) < 4.78 is 11.2. The highest BCUT2D eigenvalue weighted by atomic mass is 16.5. The van der Waals surface area contributed by atoms with E-state index in [0.717, 1.165) is 32.1 Å². The zero-order chi connectivity index (χ0) is 22.6. The number of hydrogen-bond donors (Lipinski definition) is 1.